The lowest BCUT2D eigenvalue weighted by Crippen LogP contribution is -2.44. The van der Waals surface area contributed by atoms with Crippen LogP contribution < -0.4 is 5.32 Å². The zero-order valence-corrected chi connectivity index (χ0v) is 12.7. The number of benzene rings is 1. The van der Waals surface area contributed by atoms with E-state index >= 15 is 0 Å². The van der Waals surface area contributed by atoms with E-state index in [0.717, 1.165) is 31.5 Å². The van der Waals surface area contributed by atoms with Crippen LogP contribution in [0.3, 0.4) is 0 Å². The Morgan fingerprint density at radius 3 is 2.37 bits per heavy atom. The van der Waals surface area contributed by atoms with Gasteiger partial charge in [-0.1, -0.05) is 30.3 Å². The van der Waals surface area contributed by atoms with Crippen molar-refractivity contribution >= 4 is 22.4 Å². The second-order valence-electron chi connectivity index (χ2n) is 4.74. The topological polar surface area (TPSA) is 49.4 Å². The summed E-state index contributed by atoms with van der Waals surface area (Å²) in [5, 5.41) is 3.25. The van der Waals surface area contributed by atoms with Gasteiger partial charge in [-0.3, -0.25) is 0 Å². The van der Waals surface area contributed by atoms with Crippen LogP contribution in [0, 0.1) is 0 Å². The molecule has 19 heavy (non-hydrogen) atoms. The molecule has 108 valence electrons. The van der Waals surface area contributed by atoms with Crippen LogP contribution in [0.5, 0.6) is 0 Å². The van der Waals surface area contributed by atoms with Crippen molar-refractivity contribution in [1.82, 2.24) is 9.62 Å². The fourth-order valence-electron chi connectivity index (χ4n) is 2.28. The van der Waals surface area contributed by atoms with E-state index in [1.807, 2.05) is 30.3 Å². The van der Waals surface area contributed by atoms with Crippen LogP contribution in [0.15, 0.2) is 30.3 Å². The third-order valence-corrected chi connectivity index (χ3v) is 5.33. The van der Waals surface area contributed by atoms with Gasteiger partial charge in [0, 0.05) is 13.1 Å². The maximum Gasteiger partial charge on any atom is 0.218 e. The fraction of sp³-hybridized carbons (Fsp3) is 0.538. The van der Waals surface area contributed by atoms with E-state index in [1.54, 1.807) is 11.4 Å². The largest absolute Gasteiger partial charge is 0.317 e. The van der Waals surface area contributed by atoms with E-state index in [2.05, 4.69) is 5.32 Å². The second kappa shape index (κ2) is 7.24. The predicted octanol–water partition coefficient (Wildman–Crippen LogP) is 1.62. The van der Waals surface area contributed by atoms with E-state index < -0.39 is 10.0 Å². The van der Waals surface area contributed by atoms with Crippen molar-refractivity contribution in [2.75, 3.05) is 20.1 Å². The Morgan fingerprint density at radius 1 is 1.21 bits per heavy atom. The van der Waals surface area contributed by atoms with Crippen molar-refractivity contribution in [3.05, 3.63) is 35.9 Å². The third-order valence-electron chi connectivity index (χ3n) is 3.45. The summed E-state index contributed by atoms with van der Waals surface area (Å²) in [5.74, 6) is 0.0915. The van der Waals surface area contributed by atoms with Gasteiger partial charge >= 0.3 is 0 Å². The summed E-state index contributed by atoms with van der Waals surface area (Å²) < 4.78 is 26.2. The van der Waals surface area contributed by atoms with Gasteiger partial charge in [0.15, 0.2) is 0 Å². The molecule has 1 aromatic rings. The molecule has 6 heteroatoms. The molecule has 0 aromatic heterocycles. The summed E-state index contributed by atoms with van der Waals surface area (Å²) in [7, 11) is -1.50. The Labute approximate surface area is 121 Å². The summed E-state index contributed by atoms with van der Waals surface area (Å²) in [6.07, 6.45) is 1.79. The molecule has 0 atom stereocenters. The predicted molar refractivity (Wildman–Crippen MR) is 80.0 cm³/mol. The molecule has 0 radical (unpaired) electrons. The standard InChI is InChI=1S/C13H20N2O2S.ClH/c1-15(13-7-9-14-10-8-13)18(16,17)11-12-5-3-2-4-6-12;/h2-6,13-14H,7-11H2,1H3;1H. The molecular formula is C13H21ClN2O2S. The minimum atomic E-state index is -3.21. The van der Waals surface area contributed by atoms with Crippen LogP contribution in [-0.2, 0) is 15.8 Å². The zero-order chi connectivity index (χ0) is 13.0. The van der Waals surface area contributed by atoms with Gasteiger partial charge in [0.05, 0.1) is 5.75 Å². The van der Waals surface area contributed by atoms with Crippen LogP contribution in [-0.4, -0.2) is 38.9 Å². The number of piperidine rings is 1. The van der Waals surface area contributed by atoms with Crippen molar-refractivity contribution in [3.63, 3.8) is 0 Å². The number of hydrogen-bond donors (Lipinski definition) is 1. The van der Waals surface area contributed by atoms with Gasteiger partial charge in [0.2, 0.25) is 10.0 Å². The fourth-order valence-corrected chi connectivity index (χ4v) is 3.77. The highest BCUT2D eigenvalue weighted by molar-refractivity contribution is 7.88. The molecule has 1 N–H and O–H groups in total. The number of nitrogens with zero attached hydrogens (tertiary/aromatic N) is 1. The molecule has 1 aromatic carbocycles. The summed E-state index contributed by atoms with van der Waals surface area (Å²) in [4.78, 5) is 0. The second-order valence-corrected chi connectivity index (χ2v) is 6.77. The van der Waals surface area contributed by atoms with E-state index in [0.29, 0.717) is 0 Å². The van der Waals surface area contributed by atoms with Gasteiger partial charge in [-0.25, -0.2) is 12.7 Å². The Hall–Kier alpha value is -0.620. The van der Waals surface area contributed by atoms with Gasteiger partial charge in [-0.05, 0) is 31.5 Å². The first kappa shape index (κ1) is 16.4. The van der Waals surface area contributed by atoms with Crippen LogP contribution >= 0.6 is 12.4 Å². The Balaban J connectivity index is 0.00000180. The molecule has 0 saturated carbocycles. The highest BCUT2D eigenvalue weighted by Gasteiger charge is 2.27. The van der Waals surface area contributed by atoms with Crippen LogP contribution in [0.4, 0.5) is 0 Å². The van der Waals surface area contributed by atoms with Gasteiger partial charge < -0.3 is 5.32 Å². The van der Waals surface area contributed by atoms with Crippen LogP contribution in [0.1, 0.15) is 18.4 Å². The first-order chi connectivity index (χ1) is 8.59. The molecule has 4 nitrogen and oxygen atoms in total. The SMILES string of the molecule is CN(C1CCNCC1)S(=O)(=O)Cc1ccccc1.Cl. The zero-order valence-electron chi connectivity index (χ0n) is 11.1. The minimum absolute atomic E-state index is 0. The molecule has 1 aliphatic rings. The van der Waals surface area contributed by atoms with Crippen molar-refractivity contribution in [2.45, 2.75) is 24.6 Å². The quantitative estimate of drug-likeness (QED) is 0.919. The molecule has 0 spiro atoms. The van der Waals surface area contributed by atoms with Gasteiger partial charge in [0.25, 0.3) is 0 Å². The normalized spacial score (nSPS) is 17.2. The van der Waals surface area contributed by atoms with E-state index in [4.69, 9.17) is 0 Å². The lowest BCUT2D eigenvalue weighted by atomic mass is 10.1. The van der Waals surface area contributed by atoms with Crippen LogP contribution in [0.25, 0.3) is 0 Å². The summed E-state index contributed by atoms with van der Waals surface area (Å²) >= 11 is 0. The monoisotopic (exact) mass is 304 g/mol. The number of halogens is 1. The maximum absolute atomic E-state index is 12.3. The average molecular weight is 305 g/mol. The molecule has 1 saturated heterocycles. The molecule has 0 aliphatic carbocycles. The summed E-state index contributed by atoms with van der Waals surface area (Å²) in [6, 6.07) is 9.49. The number of hydrogen-bond acceptors (Lipinski definition) is 3. The van der Waals surface area contributed by atoms with E-state index in [9.17, 15) is 8.42 Å². The smallest absolute Gasteiger partial charge is 0.218 e. The Morgan fingerprint density at radius 2 is 1.79 bits per heavy atom. The van der Waals surface area contributed by atoms with Gasteiger partial charge in [-0.15, -0.1) is 12.4 Å². The molecule has 1 fully saturated rings. The molecule has 0 unspecified atom stereocenters. The first-order valence-electron chi connectivity index (χ1n) is 6.30. The molecule has 2 rings (SSSR count). The van der Waals surface area contributed by atoms with Gasteiger partial charge in [0.1, 0.15) is 0 Å². The molecule has 0 amide bonds. The van der Waals surface area contributed by atoms with Crippen molar-refractivity contribution in [1.29, 1.82) is 0 Å². The Bertz CT molecular complexity index is 473. The van der Waals surface area contributed by atoms with Crippen molar-refractivity contribution in [2.24, 2.45) is 0 Å². The first-order valence-corrected chi connectivity index (χ1v) is 7.91. The van der Waals surface area contributed by atoms with Crippen molar-refractivity contribution < 1.29 is 8.42 Å². The number of nitrogens with one attached hydrogen (secondary N) is 1. The maximum atomic E-state index is 12.3. The lowest BCUT2D eigenvalue weighted by Gasteiger charge is -2.30. The molecule has 1 aliphatic heterocycles. The van der Waals surface area contributed by atoms with E-state index in [-0.39, 0.29) is 24.2 Å². The molecular weight excluding hydrogens is 284 g/mol. The highest BCUT2D eigenvalue weighted by Crippen LogP contribution is 2.17. The van der Waals surface area contributed by atoms with E-state index in [1.165, 1.54) is 0 Å². The van der Waals surface area contributed by atoms with Gasteiger partial charge in [-0.2, -0.15) is 0 Å². The van der Waals surface area contributed by atoms with Crippen LogP contribution in [0.2, 0.25) is 0 Å². The lowest BCUT2D eigenvalue weighted by molar-refractivity contribution is 0.296. The summed E-state index contributed by atoms with van der Waals surface area (Å²) in [6.45, 7) is 1.80. The highest BCUT2D eigenvalue weighted by atomic mass is 35.5. The molecule has 0 bridgehead atoms. The number of sulfonamides is 1. The number of rotatable bonds is 4. The Kier molecular flexibility index (Phi) is 6.26. The third kappa shape index (κ3) is 4.45. The molecule has 1 heterocycles. The minimum Gasteiger partial charge on any atom is -0.317 e. The average Bonchev–Trinajstić information content (AvgIpc) is 2.39. The van der Waals surface area contributed by atoms with Crippen molar-refractivity contribution in [3.8, 4) is 0 Å². The summed E-state index contributed by atoms with van der Waals surface area (Å²) in [5.41, 5.74) is 0.846.